The number of benzene rings is 1. The summed E-state index contributed by atoms with van der Waals surface area (Å²) in [6.45, 7) is 6.80. The molecule has 7 heteroatoms. The normalized spacial score (nSPS) is 12.5. The molecule has 0 bridgehead atoms. The van der Waals surface area contributed by atoms with Crippen LogP contribution in [-0.2, 0) is 6.54 Å². The van der Waals surface area contributed by atoms with Crippen molar-refractivity contribution in [1.82, 2.24) is 10.6 Å². The average Bonchev–Trinajstić information content (AvgIpc) is 3.12. The molecule has 126 valence electrons. The molecule has 1 heterocycles. The van der Waals surface area contributed by atoms with Gasteiger partial charge in [0.25, 0.3) is 5.69 Å². The second kappa shape index (κ2) is 8.83. The van der Waals surface area contributed by atoms with Gasteiger partial charge in [0.2, 0.25) is 0 Å². The summed E-state index contributed by atoms with van der Waals surface area (Å²) in [6.07, 6.45) is 1.76. The summed E-state index contributed by atoms with van der Waals surface area (Å²) in [4.78, 5) is 16.0. The van der Waals surface area contributed by atoms with Crippen molar-refractivity contribution in [3.05, 3.63) is 75.0 Å². The van der Waals surface area contributed by atoms with Crippen molar-refractivity contribution in [2.75, 3.05) is 6.54 Å². The van der Waals surface area contributed by atoms with Gasteiger partial charge in [-0.2, -0.15) is 0 Å². The van der Waals surface area contributed by atoms with E-state index in [1.807, 2.05) is 11.4 Å². The maximum atomic E-state index is 10.7. The van der Waals surface area contributed by atoms with Crippen LogP contribution in [-0.4, -0.2) is 17.4 Å². The van der Waals surface area contributed by atoms with Gasteiger partial charge in [0, 0.05) is 23.6 Å². The Labute approximate surface area is 145 Å². The molecule has 1 aromatic heterocycles. The van der Waals surface area contributed by atoms with E-state index in [0.29, 0.717) is 19.0 Å². The van der Waals surface area contributed by atoms with Crippen molar-refractivity contribution >= 4 is 23.0 Å². The minimum atomic E-state index is -0.408. The lowest BCUT2D eigenvalue weighted by Crippen LogP contribution is -2.38. The van der Waals surface area contributed by atoms with Crippen LogP contribution in [0.5, 0.6) is 0 Å². The van der Waals surface area contributed by atoms with E-state index in [0.717, 1.165) is 5.56 Å². The van der Waals surface area contributed by atoms with E-state index in [1.54, 1.807) is 29.5 Å². The van der Waals surface area contributed by atoms with Crippen molar-refractivity contribution in [2.24, 2.45) is 4.99 Å². The molecule has 0 saturated heterocycles. The second-order valence-corrected chi connectivity index (χ2v) is 6.12. The maximum Gasteiger partial charge on any atom is 0.269 e. The second-order valence-electron chi connectivity index (χ2n) is 5.14. The first-order valence-corrected chi connectivity index (χ1v) is 8.40. The highest BCUT2D eigenvalue weighted by Gasteiger charge is 2.09. The molecule has 6 nitrogen and oxygen atoms in total. The summed E-state index contributed by atoms with van der Waals surface area (Å²) in [5, 5.41) is 19.2. The lowest BCUT2D eigenvalue weighted by Gasteiger charge is -2.16. The van der Waals surface area contributed by atoms with Gasteiger partial charge < -0.3 is 10.6 Å². The number of non-ortho nitro benzene ring substituents is 1. The molecule has 1 atom stereocenters. The third kappa shape index (κ3) is 5.20. The first-order valence-electron chi connectivity index (χ1n) is 7.52. The van der Waals surface area contributed by atoms with Gasteiger partial charge in [0.05, 0.1) is 17.5 Å². The van der Waals surface area contributed by atoms with E-state index in [9.17, 15) is 10.1 Å². The zero-order valence-corrected chi connectivity index (χ0v) is 14.3. The molecule has 0 fully saturated rings. The summed E-state index contributed by atoms with van der Waals surface area (Å²) < 4.78 is 0. The van der Waals surface area contributed by atoms with Gasteiger partial charge in [0.15, 0.2) is 5.96 Å². The Morgan fingerprint density at radius 2 is 2.17 bits per heavy atom. The van der Waals surface area contributed by atoms with Crippen molar-refractivity contribution in [3.63, 3.8) is 0 Å². The van der Waals surface area contributed by atoms with E-state index in [-0.39, 0.29) is 11.7 Å². The fourth-order valence-electron chi connectivity index (χ4n) is 2.03. The number of aliphatic imine (C=N–C) groups is 1. The monoisotopic (exact) mass is 344 g/mol. The quantitative estimate of drug-likeness (QED) is 0.264. The minimum Gasteiger partial charge on any atom is -0.353 e. The molecule has 0 aliphatic carbocycles. The number of nitrogens with zero attached hydrogens (tertiary/aromatic N) is 2. The minimum absolute atomic E-state index is 0.0807. The van der Waals surface area contributed by atoms with Gasteiger partial charge in [0.1, 0.15) is 0 Å². The highest BCUT2D eigenvalue weighted by Crippen LogP contribution is 2.18. The molecule has 0 aliphatic rings. The molecule has 0 radical (unpaired) electrons. The number of rotatable bonds is 7. The summed E-state index contributed by atoms with van der Waals surface area (Å²) >= 11 is 1.69. The first kappa shape index (κ1) is 17.7. The number of thiophene rings is 1. The molecule has 1 aromatic carbocycles. The lowest BCUT2D eigenvalue weighted by molar-refractivity contribution is -0.384. The average molecular weight is 344 g/mol. The SMILES string of the molecule is C=CCNC(=NCc1ccc([N+](=O)[O-])cc1)NC(C)c1cccs1. The van der Waals surface area contributed by atoms with Crippen LogP contribution in [0.15, 0.2) is 59.4 Å². The van der Waals surface area contributed by atoms with Gasteiger partial charge in [-0.05, 0) is 23.9 Å². The Morgan fingerprint density at radius 1 is 1.42 bits per heavy atom. The molecule has 0 amide bonds. The predicted octanol–water partition coefficient (Wildman–Crippen LogP) is 3.64. The fraction of sp³-hybridized carbons (Fsp3) is 0.235. The van der Waals surface area contributed by atoms with Crippen LogP contribution in [0.4, 0.5) is 5.69 Å². The molecule has 24 heavy (non-hydrogen) atoms. The highest BCUT2D eigenvalue weighted by molar-refractivity contribution is 7.10. The topological polar surface area (TPSA) is 79.6 Å². The Hall–Kier alpha value is -2.67. The molecule has 0 aliphatic heterocycles. The number of hydrogen-bond acceptors (Lipinski definition) is 4. The van der Waals surface area contributed by atoms with E-state index >= 15 is 0 Å². The summed E-state index contributed by atoms with van der Waals surface area (Å²) in [7, 11) is 0. The standard InChI is InChI=1S/C17H20N4O2S/c1-3-10-18-17(20-13(2)16-5-4-11-24-16)19-12-14-6-8-15(9-7-14)21(22)23/h3-9,11,13H,1,10,12H2,2H3,(H2,18,19,20). The molecule has 2 rings (SSSR count). The Kier molecular flexibility index (Phi) is 6.51. The zero-order valence-electron chi connectivity index (χ0n) is 13.4. The molecule has 1 unspecified atom stereocenters. The van der Waals surface area contributed by atoms with Crippen molar-refractivity contribution in [2.45, 2.75) is 19.5 Å². The van der Waals surface area contributed by atoms with Crippen LogP contribution in [0.1, 0.15) is 23.4 Å². The Bertz CT molecular complexity index is 696. The van der Waals surface area contributed by atoms with Crippen LogP contribution < -0.4 is 10.6 Å². The number of guanidine groups is 1. The Balaban J connectivity index is 2.04. The van der Waals surface area contributed by atoms with Gasteiger partial charge >= 0.3 is 0 Å². The number of nitro benzene ring substituents is 1. The largest absolute Gasteiger partial charge is 0.353 e. The molecule has 2 N–H and O–H groups in total. The molecule has 2 aromatic rings. The summed E-state index contributed by atoms with van der Waals surface area (Å²) in [6, 6.07) is 10.6. The summed E-state index contributed by atoms with van der Waals surface area (Å²) in [5.41, 5.74) is 0.987. The van der Waals surface area contributed by atoms with Crippen LogP contribution in [0, 0.1) is 10.1 Å². The van der Waals surface area contributed by atoms with Crippen LogP contribution in [0.2, 0.25) is 0 Å². The van der Waals surface area contributed by atoms with E-state index in [4.69, 9.17) is 0 Å². The van der Waals surface area contributed by atoms with E-state index < -0.39 is 4.92 Å². The number of nitrogens with one attached hydrogen (secondary N) is 2. The fourth-order valence-corrected chi connectivity index (χ4v) is 2.76. The lowest BCUT2D eigenvalue weighted by atomic mass is 10.2. The third-order valence-corrected chi connectivity index (χ3v) is 4.36. The van der Waals surface area contributed by atoms with E-state index in [2.05, 4.69) is 35.2 Å². The first-order chi connectivity index (χ1) is 11.6. The smallest absolute Gasteiger partial charge is 0.269 e. The molecular weight excluding hydrogens is 324 g/mol. The summed E-state index contributed by atoms with van der Waals surface area (Å²) in [5.74, 6) is 0.675. The number of hydrogen-bond donors (Lipinski definition) is 2. The number of nitro groups is 1. The van der Waals surface area contributed by atoms with Crippen molar-refractivity contribution in [1.29, 1.82) is 0 Å². The third-order valence-electron chi connectivity index (χ3n) is 3.30. The van der Waals surface area contributed by atoms with E-state index in [1.165, 1.54) is 17.0 Å². The van der Waals surface area contributed by atoms with Gasteiger partial charge in [-0.3, -0.25) is 10.1 Å². The van der Waals surface area contributed by atoms with Gasteiger partial charge in [-0.1, -0.05) is 24.3 Å². The highest BCUT2D eigenvalue weighted by atomic mass is 32.1. The van der Waals surface area contributed by atoms with Crippen LogP contribution in [0.25, 0.3) is 0 Å². The van der Waals surface area contributed by atoms with Crippen LogP contribution >= 0.6 is 11.3 Å². The molecular formula is C17H20N4O2S. The predicted molar refractivity (Wildman–Crippen MR) is 98.3 cm³/mol. The van der Waals surface area contributed by atoms with Gasteiger partial charge in [-0.15, -0.1) is 17.9 Å². The Morgan fingerprint density at radius 3 is 2.75 bits per heavy atom. The zero-order chi connectivity index (χ0) is 17.4. The van der Waals surface area contributed by atoms with Crippen LogP contribution in [0.3, 0.4) is 0 Å². The van der Waals surface area contributed by atoms with Gasteiger partial charge in [-0.25, -0.2) is 4.99 Å². The molecule has 0 saturated carbocycles. The van der Waals surface area contributed by atoms with Crippen molar-refractivity contribution < 1.29 is 4.92 Å². The van der Waals surface area contributed by atoms with Crippen molar-refractivity contribution in [3.8, 4) is 0 Å². The maximum absolute atomic E-state index is 10.7. The molecule has 0 spiro atoms.